The highest BCUT2D eigenvalue weighted by Gasteiger charge is 2.48. The molecule has 7 heteroatoms. The highest BCUT2D eigenvalue weighted by Crippen LogP contribution is 2.55. The van der Waals surface area contributed by atoms with Crippen molar-refractivity contribution < 1.29 is 33.2 Å². The molecule has 0 radical (unpaired) electrons. The summed E-state index contributed by atoms with van der Waals surface area (Å²) in [6.07, 6.45) is 4.82. The third-order valence-corrected chi connectivity index (χ3v) is 8.32. The van der Waals surface area contributed by atoms with Gasteiger partial charge in [-0.2, -0.15) is 0 Å². The van der Waals surface area contributed by atoms with E-state index in [0.717, 1.165) is 54.7 Å². The van der Waals surface area contributed by atoms with E-state index < -0.39 is 11.9 Å². The van der Waals surface area contributed by atoms with Crippen molar-refractivity contribution >= 4 is 5.78 Å². The average Bonchev–Trinajstić information content (AvgIpc) is 3.50. The Morgan fingerprint density at radius 3 is 2.18 bits per heavy atom. The van der Waals surface area contributed by atoms with E-state index in [2.05, 4.69) is 0 Å². The molecule has 0 aliphatic carbocycles. The number of unbranched alkanes of at least 4 members (excludes halogenated alkanes) is 1. The molecule has 3 aliphatic rings. The minimum Gasteiger partial charge on any atom is -0.494 e. The van der Waals surface area contributed by atoms with Crippen molar-refractivity contribution in [1.29, 1.82) is 0 Å². The van der Waals surface area contributed by atoms with E-state index in [1.54, 1.807) is 12.1 Å². The molecular weight excluding hydrogens is 556 g/mol. The second-order valence-electron chi connectivity index (χ2n) is 11.3. The molecule has 0 amide bonds. The molecule has 2 atom stereocenters. The van der Waals surface area contributed by atoms with Gasteiger partial charge in [0.15, 0.2) is 23.6 Å². The molecule has 0 saturated carbocycles. The summed E-state index contributed by atoms with van der Waals surface area (Å²) in [5, 5.41) is 0. The predicted molar refractivity (Wildman–Crippen MR) is 164 cm³/mol. The molecular formula is C37H36O7. The van der Waals surface area contributed by atoms with Crippen LogP contribution in [0.2, 0.25) is 0 Å². The van der Waals surface area contributed by atoms with Gasteiger partial charge in [-0.3, -0.25) is 4.79 Å². The molecule has 226 valence electrons. The molecule has 0 spiro atoms. The zero-order chi connectivity index (χ0) is 29.8. The molecule has 7 nitrogen and oxygen atoms in total. The van der Waals surface area contributed by atoms with Crippen LogP contribution in [0.5, 0.6) is 23.0 Å². The molecule has 44 heavy (non-hydrogen) atoms. The summed E-state index contributed by atoms with van der Waals surface area (Å²) in [5.74, 6) is 0.964. The minimum absolute atomic E-state index is 0.000689. The summed E-state index contributed by atoms with van der Waals surface area (Å²) in [6.45, 7) is 2.08. The van der Waals surface area contributed by atoms with Crippen molar-refractivity contribution in [3.63, 3.8) is 0 Å². The van der Waals surface area contributed by atoms with Gasteiger partial charge in [-0.15, -0.1) is 0 Å². The quantitative estimate of drug-likeness (QED) is 0.174. The first kappa shape index (κ1) is 28.4. The highest BCUT2D eigenvalue weighted by molar-refractivity contribution is 6.01. The number of Topliss-reactive ketones (excluding diaryl/α,β-unsaturated/α-hetero) is 1. The Bertz CT molecular complexity index is 1520. The molecule has 1 fully saturated rings. The fraction of sp³-hybridized carbons (Fsp3) is 0.324. The van der Waals surface area contributed by atoms with E-state index in [1.807, 2.05) is 84.9 Å². The third kappa shape index (κ3) is 5.77. The Hall–Kier alpha value is -4.33. The van der Waals surface area contributed by atoms with Crippen LogP contribution in [0.4, 0.5) is 0 Å². The lowest BCUT2D eigenvalue weighted by molar-refractivity contribution is -0.162. The minimum atomic E-state index is -1.20. The number of carbonyl (C=O) groups excluding carboxylic acids is 1. The van der Waals surface area contributed by atoms with E-state index >= 15 is 0 Å². The first-order valence-electron chi connectivity index (χ1n) is 15.5. The first-order valence-corrected chi connectivity index (χ1v) is 15.5. The van der Waals surface area contributed by atoms with Crippen molar-refractivity contribution in [2.24, 2.45) is 0 Å². The molecule has 1 saturated heterocycles. The van der Waals surface area contributed by atoms with Crippen LogP contribution in [-0.4, -0.2) is 31.9 Å². The summed E-state index contributed by atoms with van der Waals surface area (Å²) >= 11 is 0. The van der Waals surface area contributed by atoms with Crippen LogP contribution < -0.4 is 18.9 Å². The number of rotatable bonds is 10. The maximum atomic E-state index is 13.3. The van der Waals surface area contributed by atoms with Gasteiger partial charge < -0.3 is 28.4 Å². The van der Waals surface area contributed by atoms with Gasteiger partial charge in [0.2, 0.25) is 5.75 Å². The third-order valence-electron chi connectivity index (χ3n) is 8.32. The van der Waals surface area contributed by atoms with Gasteiger partial charge in [0.25, 0.3) is 0 Å². The fourth-order valence-electron chi connectivity index (χ4n) is 5.97. The van der Waals surface area contributed by atoms with Crippen LogP contribution in [-0.2, 0) is 15.3 Å². The second-order valence-corrected chi connectivity index (χ2v) is 11.3. The lowest BCUT2D eigenvalue weighted by Crippen LogP contribution is -2.36. The van der Waals surface area contributed by atoms with Gasteiger partial charge in [-0.05, 0) is 61.9 Å². The lowest BCUT2D eigenvalue weighted by Gasteiger charge is -2.29. The number of hydrogen-bond acceptors (Lipinski definition) is 7. The van der Waals surface area contributed by atoms with Crippen LogP contribution in [0.3, 0.4) is 0 Å². The van der Waals surface area contributed by atoms with Gasteiger partial charge >= 0.3 is 5.79 Å². The maximum absolute atomic E-state index is 13.3. The Morgan fingerprint density at radius 1 is 0.750 bits per heavy atom. The Labute approximate surface area is 257 Å². The molecule has 0 aromatic heterocycles. The van der Waals surface area contributed by atoms with Crippen molar-refractivity contribution in [1.82, 2.24) is 0 Å². The zero-order valence-corrected chi connectivity index (χ0v) is 24.6. The number of hydrogen-bond donors (Lipinski definition) is 0. The highest BCUT2D eigenvalue weighted by atomic mass is 16.7. The predicted octanol–water partition coefficient (Wildman–Crippen LogP) is 7.77. The van der Waals surface area contributed by atoms with Gasteiger partial charge in [-0.1, -0.05) is 72.8 Å². The summed E-state index contributed by atoms with van der Waals surface area (Å²) in [6, 6.07) is 31.0. The van der Waals surface area contributed by atoms with Gasteiger partial charge in [0, 0.05) is 24.3 Å². The SMILES string of the molecule is O=C1CC(c2ccc(OCCCCOC3CCCCO3)cc2)Oc2c1ccc1c2OC(c2ccccc2)(c2ccccc2)O1. The van der Waals surface area contributed by atoms with Crippen LogP contribution in [0.1, 0.15) is 71.7 Å². The van der Waals surface area contributed by atoms with Crippen LogP contribution in [0.25, 0.3) is 0 Å². The van der Waals surface area contributed by atoms with Crippen molar-refractivity contribution in [3.05, 3.63) is 119 Å². The molecule has 3 aliphatic heterocycles. The normalized spacial score (nSPS) is 20.0. The summed E-state index contributed by atoms with van der Waals surface area (Å²) in [5.41, 5.74) is 3.08. The number of ketones is 1. The molecule has 0 N–H and O–H groups in total. The first-order chi connectivity index (χ1) is 21.7. The largest absolute Gasteiger partial charge is 0.494 e. The van der Waals surface area contributed by atoms with Crippen LogP contribution in [0, 0.1) is 0 Å². The summed E-state index contributed by atoms with van der Waals surface area (Å²) in [4.78, 5) is 13.3. The monoisotopic (exact) mass is 592 g/mol. The lowest BCUT2D eigenvalue weighted by atomic mass is 9.95. The number of carbonyl (C=O) groups is 1. The molecule has 7 rings (SSSR count). The van der Waals surface area contributed by atoms with E-state index in [1.165, 1.54) is 6.42 Å². The standard InChI is InChI=1S/C37H36O7/c38-31-25-33(26-16-18-29(19-17-26)39-22-9-10-24-41-34-15-7-8-23-40-34)42-35-30(31)20-21-32-36(35)44-37(43-32,27-11-3-1-4-12-27)28-13-5-2-6-14-28/h1-6,11-14,16-21,33-34H,7-10,15,22-25H2. The number of benzene rings is 4. The van der Waals surface area contributed by atoms with Gasteiger partial charge in [0.05, 0.1) is 18.6 Å². The van der Waals surface area contributed by atoms with E-state index in [-0.39, 0.29) is 18.5 Å². The molecule has 3 heterocycles. The number of fused-ring (bicyclic) bond motifs is 3. The topological polar surface area (TPSA) is 72.5 Å². The Morgan fingerprint density at radius 2 is 1.48 bits per heavy atom. The van der Waals surface area contributed by atoms with Gasteiger partial charge in [-0.25, -0.2) is 0 Å². The smallest absolute Gasteiger partial charge is 0.305 e. The molecule has 0 bridgehead atoms. The zero-order valence-electron chi connectivity index (χ0n) is 24.6. The average molecular weight is 593 g/mol. The summed E-state index contributed by atoms with van der Waals surface area (Å²) < 4.78 is 37.1. The van der Waals surface area contributed by atoms with Crippen molar-refractivity contribution in [2.75, 3.05) is 19.8 Å². The van der Waals surface area contributed by atoms with Crippen molar-refractivity contribution in [3.8, 4) is 23.0 Å². The molecule has 2 unspecified atom stereocenters. The fourth-order valence-corrected chi connectivity index (χ4v) is 5.97. The Kier molecular flexibility index (Phi) is 8.22. The van der Waals surface area contributed by atoms with E-state index in [9.17, 15) is 4.79 Å². The van der Waals surface area contributed by atoms with Crippen LogP contribution >= 0.6 is 0 Å². The second kappa shape index (κ2) is 12.7. The molecule has 4 aromatic rings. The van der Waals surface area contributed by atoms with Crippen molar-refractivity contribution in [2.45, 2.75) is 56.7 Å². The van der Waals surface area contributed by atoms with E-state index in [4.69, 9.17) is 28.4 Å². The van der Waals surface area contributed by atoms with Crippen LogP contribution in [0.15, 0.2) is 97.1 Å². The Balaban J connectivity index is 1.03. The number of ether oxygens (including phenoxy) is 6. The van der Waals surface area contributed by atoms with Gasteiger partial charge in [0.1, 0.15) is 11.9 Å². The van der Waals surface area contributed by atoms with E-state index in [0.29, 0.717) is 36.0 Å². The molecule has 4 aromatic carbocycles. The maximum Gasteiger partial charge on any atom is 0.305 e. The summed E-state index contributed by atoms with van der Waals surface area (Å²) in [7, 11) is 0.